The molecule has 0 aromatic heterocycles. The lowest BCUT2D eigenvalue weighted by Gasteiger charge is -2.71. The van der Waals surface area contributed by atoms with Crippen molar-refractivity contribution in [2.75, 3.05) is 0 Å². The summed E-state index contributed by atoms with van der Waals surface area (Å²) in [6.45, 7) is 14.6. The summed E-state index contributed by atoms with van der Waals surface area (Å²) < 4.78 is 0. The number of allylic oxidation sites excluding steroid dienone is 1. The molecule has 0 bridgehead atoms. The molecule has 202 valence electrons. The molecular weight excluding hydrogens is 456 g/mol. The molecule has 5 aliphatic carbocycles. The second-order valence-electron chi connectivity index (χ2n) is 15.1. The summed E-state index contributed by atoms with van der Waals surface area (Å²) in [6.07, 6.45) is 3.89. The van der Waals surface area contributed by atoms with Crippen molar-refractivity contribution in [3.05, 3.63) is 11.6 Å². The van der Waals surface area contributed by atoms with Crippen LogP contribution < -0.4 is 0 Å². The highest BCUT2D eigenvalue weighted by molar-refractivity contribution is 5.89. The number of Topliss-reactive ketones (excluding diaryl/α,β-unsaturated/α-hetero) is 1. The number of carboxylic acid groups (broad SMARTS) is 1. The van der Waals surface area contributed by atoms with Crippen LogP contribution in [0.2, 0.25) is 0 Å². The van der Waals surface area contributed by atoms with Crippen molar-refractivity contribution in [2.24, 2.45) is 50.2 Å². The van der Waals surface area contributed by atoms with E-state index in [1.54, 1.807) is 0 Å². The highest BCUT2D eigenvalue weighted by Gasteiger charge is 2.73. The van der Waals surface area contributed by atoms with E-state index in [-0.39, 0.29) is 28.1 Å². The van der Waals surface area contributed by atoms with Gasteiger partial charge in [0.15, 0.2) is 5.78 Å². The average molecular weight is 503 g/mol. The van der Waals surface area contributed by atoms with Crippen LogP contribution in [-0.2, 0) is 9.59 Å². The van der Waals surface area contributed by atoms with Gasteiger partial charge in [-0.3, -0.25) is 9.59 Å². The Bertz CT molecular complexity index is 1030. The monoisotopic (exact) mass is 502 g/mol. The fourth-order valence-electron chi connectivity index (χ4n) is 10.5. The van der Waals surface area contributed by atoms with Gasteiger partial charge in [-0.1, -0.05) is 60.1 Å². The molecule has 0 aromatic rings. The minimum atomic E-state index is -1.23. The first kappa shape index (κ1) is 26.4. The van der Waals surface area contributed by atoms with Gasteiger partial charge in [0.05, 0.1) is 11.5 Å². The van der Waals surface area contributed by atoms with Crippen LogP contribution >= 0.6 is 0 Å². The third kappa shape index (κ3) is 2.79. The smallest absolute Gasteiger partial charge is 0.310 e. The number of fused-ring (bicyclic) bond motifs is 7. The predicted octanol–water partition coefficient (Wildman–Crippen LogP) is 4.35. The molecule has 0 saturated heterocycles. The number of aliphatic hydroxyl groups excluding tert-OH is 3. The molecule has 0 aliphatic heterocycles. The number of aliphatic hydroxyl groups is 3. The van der Waals surface area contributed by atoms with Crippen molar-refractivity contribution >= 4 is 11.8 Å². The van der Waals surface area contributed by atoms with E-state index in [9.17, 15) is 30.0 Å². The molecule has 0 amide bonds. The topological polar surface area (TPSA) is 115 Å². The maximum Gasteiger partial charge on any atom is 0.310 e. The molecule has 0 heterocycles. The lowest BCUT2D eigenvalue weighted by Crippen LogP contribution is -2.71. The van der Waals surface area contributed by atoms with Crippen LogP contribution in [-0.4, -0.2) is 50.5 Å². The quantitative estimate of drug-likeness (QED) is 0.396. The first-order chi connectivity index (χ1) is 16.4. The molecule has 5 rings (SSSR count). The van der Waals surface area contributed by atoms with Gasteiger partial charge < -0.3 is 20.4 Å². The summed E-state index contributed by atoms with van der Waals surface area (Å²) in [5.74, 6) is -1.70. The van der Waals surface area contributed by atoms with Gasteiger partial charge in [-0.2, -0.15) is 0 Å². The van der Waals surface area contributed by atoms with Crippen molar-refractivity contribution < 1.29 is 30.0 Å². The summed E-state index contributed by atoms with van der Waals surface area (Å²) in [4.78, 5) is 25.9. The van der Waals surface area contributed by atoms with Gasteiger partial charge in [0.1, 0.15) is 12.2 Å². The van der Waals surface area contributed by atoms with Gasteiger partial charge in [0.25, 0.3) is 0 Å². The summed E-state index contributed by atoms with van der Waals surface area (Å²) >= 11 is 0. The Labute approximate surface area is 215 Å². The first-order valence-corrected chi connectivity index (χ1v) is 13.9. The minimum Gasteiger partial charge on any atom is -0.481 e. The molecule has 0 unspecified atom stereocenters. The fourth-order valence-corrected chi connectivity index (χ4v) is 10.5. The Morgan fingerprint density at radius 1 is 0.861 bits per heavy atom. The largest absolute Gasteiger partial charge is 0.481 e. The SMILES string of the molecule is CC1(C)CC[C@]2(C(=O)O)CC[C@]3(C)C(=CC[C@@H]4[C@@]5(C)[C@H](O)C(=O)[C@H](O)C(C)(C)[C@@H]5CC[C@]43C)[C@@H]2[C@@H]1O. The van der Waals surface area contributed by atoms with E-state index in [0.29, 0.717) is 25.7 Å². The maximum atomic E-state index is 13.1. The number of hydrogen-bond donors (Lipinski definition) is 4. The molecule has 4 N–H and O–H groups in total. The van der Waals surface area contributed by atoms with Crippen molar-refractivity contribution in [3.63, 3.8) is 0 Å². The van der Waals surface area contributed by atoms with Crippen molar-refractivity contribution in [1.82, 2.24) is 0 Å². The Hall–Kier alpha value is -1.24. The van der Waals surface area contributed by atoms with E-state index in [0.717, 1.165) is 24.8 Å². The number of rotatable bonds is 1. The zero-order valence-electron chi connectivity index (χ0n) is 23.1. The van der Waals surface area contributed by atoms with E-state index in [1.807, 2.05) is 27.7 Å². The highest BCUT2D eigenvalue weighted by atomic mass is 16.4. The zero-order chi connectivity index (χ0) is 26.9. The molecule has 6 heteroatoms. The van der Waals surface area contributed by atoms with Crippen LogP contribution in [0.25, 0.3) is 0 Å². The molecule has 5 aliphatic rings. The molecule has 0 radical (unpaired) electrons. The van der Waals surface area contributed by atoms with Crippen LogP contribution in [0, 0.1) is 50.2 Å². The lowest BCUT2D eigenvalue weighted by atomic mass is 9.33. The van der Waals surface area contributed by atoms with Crippen LogP contribution in [0.4, 0.5) is 0 Å². The van der Waals surface area contributed by atoms with Gasteiger partial charge in [-0.15, -0.1) is 0 Å². The Morgan fingerprint density at radius 3 is 2.08 bits per heavy atom. The van der Waals surface area contributed by atoms with E-state index in [2.05, 4.69) is 26.8 Å². The third-order valence-corrected chi connectivity index (χ3v) is 13.2. The summed E-state index contributed by atoms with van der Waals surface area (Å²) in [5.41, 5.74) is -2.16. The van der Waals surface area contributed by atoms with Gasteiger partial charge in [-0.25, -0.2) is 0 Å². The molecule has 10 atom stereocenters. The van der Waals surface area contributed by atoms with E-state index in [1.165, 1.54) is 0 Å². The Morgan fingerprint density at radius 2 is 1.47 bits per heavy atom. The highest BCUT2D eigenvalue weighted by Crippen LogP contribution is 2.75. The van der Waals surface area contributed by atoms with Crippen LogP contribution in [0.3, 0.4) is 0 Å². The van der Waals surface area contributed by atoms with Gasteiger partial charge >= 0.3 is 5.97 Å². The molecular formula is C30H46O6. The molecule has 4 fully saturated rings. The summed E-state index contributed by atoms with van der Waals surface area (Å²) in [5, 5.41) is 44.4. The Kier molecular flexibility index (Phi) is 5.45. The first-order valence-electron chi connectivity index (χ1n) is 13.9. The minimum absolute atomic E-state index is 0.00861. The second-order valence-corrected chi connectivity index (χ2v) is 15.1. The van der Waals surface area contributed by atoms with Crippen LogP contribution in [0.5, 0.6) is 0 Å². The number of carbonyl (C=O) groups is 2. The number of carboxylic acids is 1. The summed E-state index contributed by atoms with van der Waals surface area (Å²) in [6, 6.07) is 0. The van der Waals surface area contributed by atoms with Crippen molar-refractivity contribution in [2.45, 2.75) is 112 Å². The van der Waals surface area contributed by atoms with Gasteiger partial charge in [-0.05, 0) is 73.0 Å². The average Bonchev–Trinajstić information content (AvgIpc) is 2.79. The van der Waals surface area contributed by atoms with E-state index in [4.69, 9.17) is 0 Å². The third-order valence-electron chi connectivity index (χ3n) is 13.2. The molecule has 4 saturated carbocycles. The van der Waals surface area contributed by atoms with E-state index >= 15 is 0 Å². The molecule has 0 aromatic carbocycles. The number of aliphatic carboxylic acids is 1. The predicted molar refractivity (Wildman–Crippen MR) is 136 cm³/mol. The van der Waals surface area contributed by atoms with Gasteiger partial charge in [0.2, 0.25) is 0 Å². The van der Waals surface area contributed by atoms with Crippen molar-refractivity contribution in [1.29, 1.82) is 0 Å². The van der Waals surface area contributed by atoms with Gasteiger partial charge in [0, 0.05) is 16.7 Å². The molecule has 0 spiro atoms. The lowest BCUT2D eigenvalue weighted by molar-refractivity contribution is -0.236. The zero-order valence-corrected chi connectivity index (χ0v) is 23.1. The summed E-state index contributed by atoms with van der Waals surface area (Å²) in [7, 11) is 0. The van der Waals surface area contributed by atoms with E-state index < -0.39 is 52.2 Å². The van der Waals surface area contributed by atoms with Crippen LogP contribution in [0.15, 0.2) is 11.6 Å². The molecule has 6 nitrogen and oxygen atoms in total. The standard InChI is InChI=1S/C30H46O6/c1-25(2)12-14-30(24(35)36)15-13-27(5)16(19(30)21(25)32)8-9-18-28(27,6)11-10-17-26(3,4)22(33)20(31)23(34)29(17,18)7/h8,17-19,21-23,32-34H,9-15H2,1-7H3,(H,35,36)/t17-,18-,19+,21-,22-,23+,27+,28+,29-,30-/m0/s1. The van der Waals surface area contributed by atoms with Crippen molar-refractivity contribution in [3.8, 4) is 0 Å². The molecule has 36 heavy (non-hydrogen) atoms. The number of hydrogen-bond acceptors (Lipinski definition) is 5. The number of carbonyl (C=O) groups excluding carboxylic acids is 1. The second kappa shape index (κ2) is 7.45. The van der Waals surface area contributed by atoms with Crippen LogP contribution in [0.1, 0.15) is 93.4 Å². The fraction of sp³-hybridized carbons (Fsp3) is 0.867. The Balaban J connectivity index is 1.66. The normalized spacial score (nSPS) is 53.3. The maximum absolute atomic E-state index is 13.1. The number of ketones is 1.